The zero-order chi connectivity index (χ0) is 10.0. The van der Waals surface area contributed by atoms with E-state index in [1.165, 1.54) is 0 Å². The monoisotopic (exact) mass is 305 g/mol. The molecular weight excluding hydrogens is 287 g/mol. The molecule has 0 fully saturated rings. The van der Waals surface area contributed by atoms with Gasteiger partial charge in [-0.05, 0) is 0 Å². The van der Waals surface area contributed by atoms with E-state index >= 15 is 0 Å². The number of nitrogens with zero attached hydrogens (tertiary/aromatic N) is 1. The van der Waals surface area contributed by atoms with E-state index in [4.69, 9.17) is 9.20 Å². The van der Waals surface area contributed by atoms with Crippen LogP contribution in [0.3, 0.4) is 0 Å². The zero-order valence-electron chi connectivity index (χ0n) is 8.67. The summed E-state index contributed by atoms with van der Waals surface area (Å²) in [5.74, 6) is 0. The molecule has 0 aliphatic heterocycles. The van der Waals surface area contributed by atoms with Gasteiger partial charge in [-0.15, -0.1) is 0 Å². The molecular formula is C6H18BINO2P. The molecule has 0 aliphatic carbocycles. The van der Waals surface area contributed by atoms with Crippen molar-refractivity contribution < 1.29 is 9.20 Å². The quantitative estimate of drug-likeness (QED) is 0.343. The van der Waals surface area contributed by atoms with Crippen LogP contribution in [0.15, 0.2) is 0 Å². The second-order valence-electron chi connectivity index (χ2n) is 4.71. The van der Waals surface area contributed by atoms with Crippen LogP contribution in [-0.2, 0) is 9.20 Å². The van der Waals surface area contributed by atoms with E-state index in [0.29, 0.717) is 0 Å². The fourth-order valence-corrected chi connectivity index (χ4v) is 4.40. The van der Waals surface area contributed by atoms with Gasteiger partial charge in [-0.2, -0.15) is 0 Å². The summed E-state index contributed by atoms with van der Waals surface area (Å²) in [6.45, 7) is 6.69. The minimum atomic E-state index is -1.90. The molecule has 0 aromatic heterocycles. The first-order chi connectivity index (χ1) is 5.06. The van der Waals surface area contributed by atoms with Gasteiger partial charge in [0.1, 0.15) is 0 Å². The molecule has 0 aliphatic rings. The average Bonchev–Trinajstić information content (AvgIpc) is 1.50. The summed E-state index contributed by atoms with van der Waals surface area (Å²) in [6, 6.07) is 0. The van der Waals surface area contributed by atoms with Crippen molar-refractivity contribution in [1.82, 2.24) is 5.06 Å². The van der Waals surface area contributed by atoms with Crippen molar-refractivity contribution in [3.63, 3.8) is 0 Å². The number of hydrogen-bond acceptors (Lipinski definition) is 3. The molecule has 0 N–H and O–H groups in total. The second-order valence-corrected chi connectivity index (χ2v) is 12.8. The molecule has 0 saturated carbocycles. The minimum absolute atomic E-state index is 0.194. The molecule has 0 heterocycles. The molecule has 0 radical (unpaired) electrons. The molecule has 6 heteroatoms. The molecule has 0 amide bonds. The zero-order valence-corrected chi connectivity index (χ0v) is 11.7. The van der Waals surface area contributed by atoms with Crippen molar-refractivity contribution in [2.24, 2.45) is 0 Å². The maximum atomic E-state index is 5.79. The van der Waals surface area contributed by atoms with Crippen LogP contribution in [0.25, 0.3) is 0 Å². The van der Waals surface area contributed by atoms with Gasteiger partial charge in [0.25, 0.3) is 0 Å². The van der Waals surface area contributed by atoms with Crippen molar-refractivity contribution in [1.29, 1.82) is 0 Å². The Hall–Kier alpha value is 1.10. The first-order valence-electron chi connectivity index (χ1n) is 3.74. The van der Waals surface area contributed by atoms with Crippen LogP contribution in [-0.4, -0.2) is 50.8 Å². The van der Waals surface area contributed by atoms with Gasteiger partial charge in [0.2, 0.25) is 0 Å². The molecule has 0 aromatic carbocycles. The standard InChI is InChI=1S/C6H18BINO2P/c1-9(2)10-7(8)11-12(3,4,5)6/h1-6H3. The summed E-state index contributed by atoms with van der Waals surface area (Å²) in [4.78, 5) is -0.194. The fraction of sp³-hybridized carbons (Fsp3) is 1.00. The van der Waals surface area contributed by atoms with Gasteiger partial charge in [-0.3, -0.25) is 0 Å². The number of hydrogen-bond donors (Lipinski definition) is 0. The number of halogens is 1. The maximum absolute atomic E-state index is 5.79. The molecule has 3 nitrogen and oxygen atoms in total. The summed E-state index contributed by atoms with van der Waals surface area (Å²) in [5.41, 5.74) is 0. The Kier molecular flexibility index (Phi) is 4.47. The van der Waals surface area contributed by atoms with E-state index in [0.717, 1.165) is 0 Å². The van der Waals surface area contributed by atoms with Gasteiger partial charge in [0.05, 0.1) is 0 Å². The van der Waals surface area contributed by atoms with Crippen LogP contribution >= 0.6 is 29.2 Å². The molecule has 0 atom stereocenters. The van der Waals surface area contributed by atoms with Crippen LogP contribution in [0.4, 0.5) is 0 Å². The van der Waals surface area contributed by atoms with Crippen LogP contribution in [0.2, 0.25) is 0 Å². The summed E-state index contributed by atoms with van der Waals surface area (Å²) in [7, 11) is 3.70. The number of rotatable bonds is 4. The van der Waals surface area contributed by atoms with Crippen LogP contribution < -0.4 is 0 Å². The molecule has 0 unspecified atom stereocenters. The average molecular weight is 305 g/mol. The summed E-state index contributed by atoms with van der Waals surface area (Å²) >= 11 is 2.14. The third kappa shape index (κ3) is 9.19. The van der Waals surface area contributed by atoms with Crippen molar-refractivity contribution in [3.05, 3.63) is 0 Å². The molecule has 0 bridgehead atoms. The predicted molar refractivity (Wildman–Crippen MR) is 66.2 cm³/mol. The van der Waals surface area contributed by atoms with E-state index in [-0.39, 0.29) is 4.97 Å². The summed E-state index contributed by atoms with van der Waals surface area (Å²) in [5, 5.41) is 1.65. The van der Waals surface area contributed by atoms with E-state index in [1.54, 1.807) is 5.06 Å². The normalized spacial score (nSPS) is 15.8. The SMILES string of the molecule is CN(C)OB(I)OP(C)(C)(C)C. The topological polar surface area (TPSA) is 21.7 Å². The fourth-order valence-electron chi connectivity index (χ4n) is 0.516. The Morgan fingerprint density at radius 3 is 1.83 bits per heavy atom. The Morgan fingerprint density at radius 1 is 1.17 bits per heavy atom. The van der Waals surface area contributed by atoms with Gasteiger partial charge >= 0.3 is 89.2 Å². The van der Waals surface area contributed by atoms with E-state index in [9.17, 15) is 0 Å². The van der Waals surface area contributed by atoms with Crippen LogP contribution in [0, 0.1) is 0 Å². The van der Waals surface area contributed by atoms with Gasteiger partial charge in [0, 0.05) is 0 Å². The molecule has 0 saturated heterocycles. The van der Waals surface area contributed by atoms with Gasteiger partial charge < -0.3 is 0 Å². The molecule has 0 aromatic rings. The van der Waals surface area contributed by atoms with E-state index in [2.05, 4.69) is 49.0 Å². The third-order valence-corrected chi connectivity index (χ3v) is 2.72. The number of hydroxylamine groups is 2. The van der Waals surface area contributed by atoms with Crippen molar-refractivity contribution in [2.75, 3.05) is 40.8 Å². The predicted octanol–water partition coefficient (Wildman–Crippen LogP) is 1.90. The first-order valence-corrected chi connectivity index (χ1v) is 8.93. The van der Waals surface area contributed by atoms with Gasteiger partial charge in [-0.1, -0.05) is 0 Å². The Labute approximate surface area is 89.1 Å². The van der Waals surface area contributed by atoms with E-state index < -0.39 is 6.83 Å². The Bertz CT molecular complexity index is 150. The summed E-state index contributed by atoms with van der Waals surface area (Å²) in [6.07, 6.45) is 0. The van der Waals surface area contributed by atoms with Crippen molar-refractivity contribution in [3.8, 4) is 0 Å². The molecule has 74 valence electrons. The van der Waals surface area contributed by atoms with Crippen molar-refractivity contribution in [2.45, 2.75) is 0 Å². The first kappa shape index (κ1) is 13.1. The van der Waals surface area contributed by atoms with Crippen LogP contribution in [0.1, 0.15) is 0 Å². The molecule has 12 heavy (non-hydrogen) atoms. The second kappa shape index (κ2) is 4.09. The molecule has 0 spiro atoms. The van der Waals surface area contributed by atoms with E-state index in [1.807, 2.05) is 14.1 Å². The summed E-state index contributed by atoms with van der Waals surface area (Å²) < 4.78 is 11.1. The Balaban J connectivity index is 3.94. The van der Waals surface area contributed by atoms with Crippen molar-refractivity contribution >= 4 is 34.2 Å². The van der Waals surface area contributed by atoms with Crippen LogP contribution in [0.5, 0.6) is 0 Å². The van der Waals surface area contributed by atoms with Gasteiger partial charge in [-0.25, -0.2) is 0 Å². The molecule has 0 rings (SSSR count). The Morgan fingerprint density at radius 2 is 1.58 bits per heavy atom. The van der Waals surface area contributed by atoms with Gasteiger partial charge in [0.15, 0.2) is 0 Å². The third-order valence-electron chi connectivity index (χ3n) is 0.798.